The van der Waals surface area contributed by atoms with Gasteiger partial charge in [-0.1, -0.05) is 0 Å². The van der Waals surface area contributed by atoms with E-state index in [1.807, 2.05) is 0 Å². The molecule has 0 aliphatic carbocycles. The fraction of sp³-hybridized carbons (Fsp3) is 0.333. The van der Waals surface area contributed by atoms with Gasteiger partial charge in [-0.3, -0.25) is 9.59 Å². The summed E-state index contributed by atoms with van der Waals surface area (Å²) in [6, 6.07) is 10.9. The van der Waals surface area contributed by atoms with Crippen LogP contribution in [0, 0.1) is 0 Å². The van der Waals surface area contributed by atoms with Crippen LogP contribution in [0.3, 0.4) is 0 Å². The van der Waals surface area contributed by atoms with Crippen molar-refractivity contribution in [3.63, 3.8) is 0 Å². The van der Waals surface area contributed by atoms with Crippen molar-refractivity contribution in [2.45, 2.75) is 56.1 Å². The van der Waals surface area contributed by atoms with Gasteiger partial charge in [0.15, 0.2) is 11.5 Å². The molecule has 1 fully saturated rings. The van der Waals surface area contributed by atoms with Crippen LogP contribution in [0.2, 0.25) is 0 Å². The summed E-state index contributed by atoms with van der Waals surface area (Å²) in [6.45, 7) is 0.439. The summed E-state index contributed by atoms with van der Waals surface area (Å²) >= 11 is 0. The first kappa shape index (κ1) is 32.4. The molecule has 0 amide bonds. The molecule has 6 atom stereocenters. The summed E-state index contributed by atoms with van der Waals surface area (Å²) < 4.78 is 32.0. The Hall–Kier alpha value is -5.00. The Morgan fingerprint density at radius 3 is 2.33 bits per heavy atom. The monoisotopic (exact) mass is 644 g/mol. The van der Waals surface area contributed by atoms with E-state index in [9.17, 15) is 44.7 Å². The number of hydrogen-bond donors (Lipinski definition) is 6. The molecular formula is C30H28O16. The molecule has 1 saturated heterocycles. The first-order valence-electron chi connectivity index (χ1n) is 13.7. The first-order valence-corrected chi connectivity index (χ1v) is 13.7. The molecule has 1 unspecified atom stereocenters. The molecule has 5 rings (SSSR count). The Morgan fingerprint density at radius 2 is 1.59 bits per heavy atom. The Balaban J connectivity index is 1.30. The van der Waals surface area contributed by atoms with Crippen molar-refractivity contribution in [3.8, 4) is 23.0 Å². The van der Waals surface area contributed by atoms with Gasteiger partial charge >= 0.3 is 23.2 Å². The highest BCUT2D eigenvalue weighted by Crippen LogP contribution is 2.35. The summed E-state index contributed by atoms with van der Waals surface area (Å²) in [5, 5.41) is 61.5. The van der Waals surface area contributed by atoms with E-state index in [0.717, 1.165) is 19.1 Å². The summed E-state index contributed by atoms with van der Waals surface area (Å²) in [7, 11) is 0. The quantitative estimate of drug-likeness (QED) is 0.103. The fourth-order valence-corrected chi connectivity index (χ4v) is 4.72. The molecule has 0 spiro atoms. The zero-order valence-electron chi connectivity index (χ0n) is 23.9. The van der Waals surface area contributed by atoms with Gasteiger partial charge in [0.05, 0.1) is 18.4 Å². The lowest BCUT2D eigenvalue weighted by Crippen LogP contribution is -2.60. The van der Waals surface area contributed by atoms with Crippen molar-refractivity contribution in [2.24, 2.45) is 0 Å². The average Bonchev–Trinajstić information content (AvgIpc) is 2.96. The average molecular weight is 645 g/mol. The fourth-order valence-electron chi connectivity index (χ4n) is 4.72. The van der Waals surface area contributed by atoms with Crippen LogP contribution in [-0.2, 0) is 19.1 Å². The van der Waals surface area contributed by atoms with Gasteiger partial charge in [0.2, 0.25) is 12.0 Å². The number of esters is 1. The van der Waals surface area contributed by atoms with E-state index in [1.54, 1.807) is 18.2 Å². The van der Waals surface area contributed by atoms with Crippen molar-refractivity contribution < 1.29 is 68.0 Å². The number of aromatic hydroxyl groups is 1. The first-order chi connectivity index (χ1) is 21.7. The predicted molar refractivity (Wildman–Crippen MR) is 152 cm³/mol. The van der Waals surface area contributed by atoms with Gasteiger partial charge in [-0.25, -0.2) is 9.59 Å². The number of phenolic OH excluding ortho intramolecular Hbond substituents is 1. The highest BCUT2D eigenvalue weighted by Gasteiger charge is 2.46. The van der Waals surface area contributed by atoms with Crippen LogP contribution in [-0.4, -0.2) is 85.5 Å². The molecular weight excluding hydrogens is 616 g/mol. The number of carboxylic acids is 1. The molecule has 0 radical (unpaired) electrons. The number of benzene rings is 2. The molecule has 0 bridgehead atoms. The van der Waals surface area contributed by atoms with Crippen molar-refractivity contribution in [3.05, 3.63) is 69.4 Å². The zero-order chi connectivity index (χ0) is 33.3. The zero-order valence-corrected chi connectivity index (χ0v) is 23.9. The minimum Gasteiger partial charge on any atom is -0.504 e. The Kier molecular flexibility index (Phi) is 9.00. The SMILES string of the molecule is CC(O)(CC(=O)O)CC(=O)OC[C@H]1O[C@@H](Oc2cc3oc(=O)c(Oc4ccc5ccc(=O)oc5c4)cc3cc2O)[C@H](O)[C@@H](O)[C@@H]1O. The third kappa shape index (κ3) is 7.27. The molecule has 6 N–H and O–H groups in total. The van der Waals surface area contributed by atoms with Crippen LogP contribution in [0.1, 0.15) is 19.8 Å². The highest BCUT2D eigenvalue weighted by molar-refractivity contribution is 5.82. The Morgan fingerprint density at radius 1 is 0.870 bits per heavy atom. The number of carbonyl (C=O) groups is 2. The molecule has 0 saturated carbocycles. The van der Waals surface area contributed by atoms with E-state index in [-0.39, 0.29) is 33.8 Å². The molecule has 3 heterocycles. The van der Waals surface area contributed by atoms with Crippen LogP contribution in [0.4, 0.5) is 0 Å². The van der Waals surface area contributed by atoms with Crippen LogP contribution in [0.25, 0.3) is 21.9 Å². The number of carboxylic acid groups (broad SMARTS) is 1. The Labute approximate surface area is 257 Å². The van der Waals surface area contributed by atoms with Gasteiger partial charge in [0, 0.05) is 29.0 Å². The van der Waals surface area contributed by atoms with E-state index < -0.39 is 84.7 Å². The smallest absolute Gasteiger partial charge is 0.379 e. The molecule has 244 valence electrons. The van der Waals surface area contributed by atoms with E-state index in [0.29, 0.717) is 5.39 Å². The van der Waals surface area contributed by atoms with Gasteiger partial charge < -0.3 is 58.4 Å². The predicted octanol–water partition coefficient (Wildman–Crippen LogP) is 0.743. The number of carbonyl (C=O) groups excluding carboxylic acids is 1. The number of aliphatic carboxylic acids is 1. The number of aliphatic hydroxyl groups is 4. The number of rotatable bonds is 10. The van der Waals surface area contributed by atoms with Crippen LogP contribution < -0.4 is 20.7 Å². The molecule has 1 aliphatic heterocycles. The maximum atomic E-state index is 12.7. The molecule has 4 aromatic rings. The van der Waals surface area contributed by atoms with Gasteiger partial charge in [-0.05, 0) is 37.3 Å². The maximum absolute atomic E-state index is 12.7. The third-order valence-electron chi connectivity index (χ3n) is 6.98. The Bertz CT molecular complexity index is 1890. The summed E-state index contributed by atoms with van der Waals surface area (Å²) in [6.07, 6.45) is -10.1. The van der Waals surface area contributed by atoms with Crippen molar-refractivity contribution in [2.75, 3.05) is 6.61 Å². The van der Waals surface area contributed by atoms with Gasteiger partial charge in [-0.2, -0.15) is 0 Å². The van der Waals surface area contributed by atoms with E-state index >= 15 is 0 Å². The highest BCUT2D eigenvalue weighted by atomic mass is 16.7. The van der Waals surface area contributed by atoms with Gasteiger partial charge in [0.25, 0.3) is 0 Å². The van der Waals surface area contributed by atoms with Crippen molar-refractivity contribution in [1.29, 1.82) is 0 Å². The minimum atomic E-state index is -1.92. The largest absolute Gasteiger partial charge is 0.504 e. The second kappa shape index (κ2) is 12.8. The van der Waals surface area contributed by atoms with Crippen LogP contribution >= 0.6 is 0 Å². The lowest BCUT2D eigenvalue weighted by molar-refractivity contribution is -0.278. The van der Waals surface area contributed by atoms with Gasteiger partial charge in [0.1, 0.15) is 47.9 Å². The van der Waals surface area contributed by atoms with Crippen molar-refractivity contribution in [1.82, 2.24) is 0 Å². The molecule has 2 aromatic carbocycles. The number of ether oxygens (including phenoxy) is 4. The van der Waals surface area contributed by atoms with Gasteiger partial charge in [-0.15, -0.1) is 0 Å². The molecule has 46 heavy (non-hydrogen) atoms. The second-order valence-corrected chi connectivity index (χ2v) is 10.9. The standard InChI is InChI=1S/C30H28O16/c1-30(40,10-22(32)33)11-24(35)41-12-21-25(36)26(37)27(38)29(46-21)45-19-9-18-14(6-16(19)31)7-20(28(39)44-18)42-15-4-2-13-3-5-23(34)43-17(13)8-15/h2-9,21,25-27,29,31,36-38,40H,10-12H2,1H3,(H,32,33)/t21-,25-,26+,27-,29-,30?/m1/s1. The van der Waals surface area contributed by atoms with E-state index in [1.165, 1.54) is 18.2 Å². The molecule has 16 heteroatoms. The number of fused-ring (bicyclic) bond motifs is 2. The summed E-state index contributed by atoms with van der Waals surface area (Å²) in [4.78, 5) is 47.2. The summed E-state index contributed by atoms with van der Waals surface area (Å²) in [5.41, 5.74) is -3.26. The maximum Gasteiger partial charge on any atom is 0.379 e. The number of phenols is 1. The lowest BCUT2D eigenvalue weighted by Gasteiger charge is -2.40. The molecule has 16 nitrogen and oxygen atoms in total. The molecule has 1 aliphatic rings. The topological polar surface area (TPSA) is 253 Å². The van der Waals surface area contributed by atoms with E-state index in [2.05, 4.69) is 0 Å². The van der Waals surface area contributed by atoms with Crippen LogP contribution in [0.15, 0.2) is 67.0 Å². The lowest BCUT2D eigenvalue weighted by atomic mass is 9.98. The number of hydrogen-bond acceptors (Lipinski definition) is 15. The second-order valence-electron chi connectivity index (χ2n) is 10.9. The number of aliphatic hydroxyl groups excluding tert-OH is 3. The normalized spacial score (nSPS) is 22.7. The molecule has 2 aromatic heterocycles. The van der Waals surface area contributed by atoms with E-state index in [4.69, 9.17) is 32.9 Å². The third-order valence-corrected chi connectivity index (χ3v) is 6.98. The van der Waals surface area contributed by atoms with Crippen LogP contribution in [0.5, 0.6) is 23.0 Å². The summed E-state index contributed by atoms with van der Waals surface area (Å²) in [5.74, 6) is -3.35. The minimum absolute atomic E-state index is 0.0839. The van der Waals surface area contributed by atoms with Crippen molar-refractivity contribution >= 4 is 33.9 Å².